The maximum atomic E-state index is 12.1. The standard InChI is InChI=1S/C18H30BrN3O2S/c1-6-20-17(21-11-12-25(23)18(3,4)5)22-13-14(2)24-16-10-8-7-9-15(16)19/h7-10,14H,6,11-13H2,1-5H3,(H2,20,21,22). The number of aliphatic imine (C=N–C) groups is 1. The first-order chi connectivity index (χ1) is 11.7. The molecule has 0 heterocycles. The monoisotopic (exact) mass is 431 g/mol. The van der Waals surface area contributed by atoms with Crippen molar-refractivity contribution in [1.82, 2.24) is 10.6 Å². The zero-order valence-corrected chi connectivity index (χ0v) is 18.2. The SMILES string of the molecule is CCNC(=NCC(C)Oc1ccccc1Br)NCCS(=O)C(C)(C)C. The molecule has 0 aromatic heterocycles. The van der Waals surface area contributed by atoms with Crippen LogP contribution in [0.5, 0.6) is 5.75 Å². The van der Waals surface area contributed by atoms with E-state index in [2.05, 4.69) is 31.6 Å². The van der Waals surface area contributed by atoms with Crippen molar-refractivity contribution in [3.05, 3.63) is 28.7 Å². The molecule has 0 aliphatic heterocycles. The second kappa shape index (κ2) is 10.8. The summed E-state index contributed by atoms with van der Waals surface area (Å²) in [5.74, 6) is 2.12. The summed E-state index contributed by atoms with van der Waals surface area (Å²) in [5.41, 5.74) is 0. The molecule has 1 rings (SSSR count). The van der Waals surface area contributed by atoms with Crippen molar-refractivity contribution in [2.24, 2.45) is 4.99 Å². The molecular weight excluding hydrogens is 402 g/mol. The minimum atomic E-state index is -0.875. The summed E-state index contributed by atoms with van der Waals surface area (Å²) >= 11 is 3.48. The van der Waals surface area contributed by atoms with Gasteiger partial charge < -0.3 is 15.4 Å². The average Bonchev–Trinajstić information content (AvgIpc) is 2.53. The molecule has 1 aromatic rings. The molecule has 1 aromatic carbocycles. The maximum absolute atomic E-state index is 12.1. The Labute approximate surface area is 162 Å². The molecule has 2 N–H and O–H groups in total. The molecule has 0 aliphatic rings. The Hall–Kier alpha value is -1.08. The molecular formula is C18H30BrN3O2S. The van der Waals surface area contributed by atoms with Gasteiger partial charge in [0.25, 0.3) is 0 Å². The van der Waals surface area contributed by atoms with E-state index in [-0.39, 0.29) is 10.9 Å². The highest BCUT2D eigenvalue weighted by Gasteiger charge is 2.18. The van der Waals surface area contributed by atoms with Crippen LogP contribution in [0.3, 0.4) is 0 Å². The van der Waals surface area contributed by atoms with Crippen LogP contribution < -0.4 is 15.4 Å². The first kappa shape index (κ1) is 22.0. The number of guanidine groups is 1. The fraction of sp³-hybridized carbons (Fsp3) is 0.611. The van der Waals surface area contributed by atoms with E-state index in [9.17, 15) is 4.21 Å². The fourth-order valence-electron chi connectivity index (χ4n) is 1.92. The van der Waals surface area contributed by atoms with Crippen molar-refractivity contribution in [1.29, 1.82) is 0 Å². The van der Waals surface area contributed by atoms with Gasteiger partial charge in [0.05, 0.1) is 11.0 Å². The lowest BCUT2D eigenvalue weighted by Gasteiger charge is -2.19. The second-order valence-corrected chi connectivity index (χ2v) is 9.85. The summed E-state index contributed by atoms with van der Waals surface area (Å²) in [5, 5.41) is 6.44. The largest absolute Gasteiger partial charge is 0.488 e. The zero-order valence-electron chi connectivity index (χ0n) is 15.8. The minimum absolute atomic E-state index is 0.0575. The van der Waals surface area contributed by atoms with Gasteiger partial charge in [0.2, 0.25) is 0 Å². The van der Waals surface area contributed by atoms with Crippen LogP contribution in [0.4, 0.5) is 0 Å². The molecule has 0 bridgehead atoms. The number of para-hydroxylation sites is 1. The van der Waals surface area contributed by atoms with Crippen molar-refractivity contribution in [3.8, 4) is 5.75 Å². The van der Waals surface area contributed by atoms with Gasteiger partial charge in [-0.2, -0.15) is 0 Å². The van der Waals surface area contributed by atoms with E-state index in [4.69, 9.17) is 4.74 Å². The van der Waals surface area contributed by atoms with Crippen molar-refractivity contribution in [2.75, 3.05) is 25.4 Å². The Morgan fingerprint density at radius 2 is 2.00 bits per heavy atom. The van der Waals surface area contributed by atoms with Gasteiger partial charge >= 0.3 is 0 Å². The first-order valence-electron chi connectivity index (χ1n) is 8.56. The Bertz CT molecular complexity index is 588. The van der Waals surface area contributed by atoms with Gasteiger partial charge in [-0.25, -0.2) is 4.99 Å². The molecule has 0 fully saturated rings. The molecule has 0 amide bonds. The van der Waals surface area contributed by atoms with E-state index in [0.29, 0.717) is 18.8 Å². The zero-order chi connectivity index (χ0) is 18.9. The van der Waals surface area contributed by atoms with Crippen LogP contribution in [0.25, 0.3) is 0 Å². The highest BCUT2D eigenvalue weighted by Crippen LogP contribution is 2.24. The predicted octanol–water partition coefficient (Wildman–Crippen LogP) is 3.32. The van der Waals surface area contributed by atoms with Crippen LogP contribution in [0.1, 0.15) is 34.6 Å². The minimum Gasteiger partial charge on any atom is -0.488 e. The Balaban J connectivity index is 2.51. The van der Waals surface area contributed by atoms with E-state index in [0.717, 1.165) is 22.7 Å². The number of nitrogens with zero attached hydrogens (tertiary/aromatic N) is 1. The summed E-state index contributed by atoms with van der Waals surface area (Å²) in [7, 11) is -0.875. The van der Waals surface area contributed by atoms with Crippen molar-refractivity contribution in [2.45, 2.75) is 45.5 Å². The lowest BCUT2D eigenvalue weighted by Crippen LogP contribution is -2.41. The molecule has 25 heavy (non-hydrogen) atoms. The number of hydrogen-bond acceptors (Lipinski definition) is 3. The summed E-state index contributed by atoms with van der Waals surface area (Å²) in [6, 6.07) is 7.77. The van der Waals surface area contributed by atoms with Gasteiger partial charge in [-0.3, -0.25) is 4.21 Å². The van der Waals surface area contributed by atoms with Crippen LogP contribution in [0.2, 0.25) is 0 Å². The molecule has 2 unspecified atom stereocenters. The lowest BCUT2D eigenvalue weighted by atomic mass is 10.3. The molecule has 0 aliphatic carbocycles. The van der Waals surface area contributed by atoms with Gasteiger partial charge in [0.15, 0.2) is 5.96 Å². The molecule has 5 nitrogen and oxygen atoms in total. The van der Waals surface area contributed by atoms with Gasteiger partial charge in [-0.15, -0.1) is 0 Å². The van der Waals surface area contributed by atoms with Crippen LogP contribution in [0.15, 0.2) is 33.7 Å². The van der Waals surface area contributed by atoms with E-state index in [1.54, 1.807) is 0 Å². The first-order valence-corrected chi connectivity index (χ1v) is 10.7. The van der Waals surface area contributed by atoms with Gasteiger partial charge in [-0.05, 0) is 62.7 Å². The highest BCUT2D eigenvalue weighted by atomic mass is 79.9. The van der Waals surface area contributed by atoms with E-state index in [1.807, 2.05) is 58.9 Å². The molecule has 0 spiro atoms. The number of benzene rings is 1. The summed E-state index contributed by atoms with van der Waals surface area (Å²) < 4.78 is 18.7. The van der Waals surface area contributed by atoms with Gasteiger partial charge in [0.1, 0.15) is 11.9 Å². The van der Waals surface area contributed by atoms with E-state index in [1.165, 1.54) is 0 Å². The number of rotatable bonds is 8. The maximum Gasteiger partial charge on any atom is 0.191 e. The van der Waals surface area contributed by atoms with E-state index >= 15 is 0 Å². The van der Waals surface area contributed by atoms with Gasteiger partial charge in [-0.1, -0.05) is 12.1 Å². The normalized spacial score (nSPS) is 14.7. The summed E-state index contributed by atoms with van der Waals surface area (Å²) in [6.45, 7) is 11.9. The predicted molar refractivity (Wildman–Crippen MR) is 111 cm³/mol. The summed E-state index contributed by atoms with van der Waals surface area (Å²) in [4.78, 5) is 4.55. The average molecular weight is 432 g/mol. The molecule has 0 saturated carbocycles. The van der Waals surface area contributed by atoms with Crippen LogP contribution >= 0.6 is 15.9 Å². The molecule has 7 heteroatoms. The van der Waals surface area contributed by atoms with Crippen LogP contribution in [-0.4, -0.2) is 46.4 Å². The number of ether oxygens (including phenoxy) is 1. The number of halogens is 1. The van der Waals surface area contributed by atoms with Crippen molar-refractivity contribution >= 4 is 32.7 Å². The fourth-order valence-corrected chi connectivity index (χ4v) is 3.20. The quantitative estimate of drug-likeness (QED) is 0.489. The smallest absolute Gasteiger partial charge is 0.191 e. The Morgan fingerprint density at radius 3 is 2.60 bits per heavy atom. The van der Waals surface area contributed by atoms with Crippen molar-refractivity contribution in [3.63, 3.8) is 0 Å². The Kier molecular flexibility index (Phi) is 9.50. The topological polar surface area (TPSA) is 62.7 Å². The molecule has 142 valence electrons. The molecule has 0 radical (unpaired) electrons. The second-order valence-electron chi connectivity index (χ2n) is 6.67. The third kappa shape index (κ3) is 8.72. The molecule has 0 saturated heterocycles. The lowest BCUT2D eigenvalue weighted by molar-refractivity contribution is 0.228. The Morgan fingerprint density at radius 1 is 1.32 bits per heavy atom. The van der Waals surface area contributed by atoms with Crippen LogP contribution in [0, 0.1) is 0 Å². The third-order valence-electron chi connectivity index (χ3n) is 3.28. The molecule has 2 atom stereocenters. The summed E-state index contributed by atoms with van der Waals surface area (Å²) in [6.07, 6.45) is -0.0575. The third-order valence-corrected chi connectivity index (χ3v) is 5.87. The van der Waals surface area contributed by atoms with Gasteiger partial charge in [0, 0.05) is 34.4 Å². The number of nitrogens with one attached hydrogen (secondary N) is 2. The van der Waals surface area contributed by atoms with Crippen molar-refractivity contribution < 1.29 is 8.95 Å². The number of hydrogen-bond donors (Lipinski definition) is 2. The highest BCUT2D eigenvalue weighted by molar-refractivity contribution is 9.10. The van der Waals surface area contributed by atoms with E-state index < -0.39 is 10.8 Å². The van der Waals surface area contributed by atoms with Crippen LogP contribution in [-0.2, 0) is 10.8 Å².